The van der Waals surface area contributed by atoms with Crippen LogP contribution in [0.25, 0.3) is 22.3 Å². The molecule has 158 valence electrons. The van der Waals surface area contributed by atoms with Crippen LogP contribution < -0.4 is 14.4 Å². The molecule has 0 amide bonds. The summed E-state index contributed by atoms with van der Waals surface area (Å²) in [5.74, 6) is 1.87. The number of methoxy groups -OCH3 is 2. The molecule has 0 aliphatic carbocycles. The van der Waals surface area contributed by atoms with Crippen molar-refractivity contribution in [2.45, 2.75) is 13.0 Å². The zero-order valence-electron chi connectivity index (χ0n) is 16.6. The van der Waals surface area contributed by atoms with E-state index in [1.165, 1.54) is 14.2 Å². The van der Waals surface area contributed by atoms with Gasteiger partial charge >= 0.3 is 0 Å². The third-order valence-corrected chi connectivity index (χ3v) is 5.82. The van der Waals surface area contributed by atoms with E-state index in [4.69, 9.17) is 54.0 Å². The van der Waals surface area contributed by atoms with Gasteiger partial charge in [-0.1, -0.05) is 34.8 Å². The van der Waals surface area contributed by atoms with Crippen molar-refractivity contribution in [1.82, 2.24) is 15.0 Å². The molecule has 0 N–H and O–H groups in total. The molecule has 2 aromatic heterocycles. The number of halogens is 3. The van der Waals surface area contributed by atoms with E-state index >= 15 is 0 Å². The number of hydrogen-bond acceptors (Lipinski definition) is 7. The van der Waals surface area contributed by atoms with E-state index in [1.54, 1.807) is 18.3 Å². The molecule has 1 fully saturated rings. The second-order valence-corrected chi connectivity index (χ2v) is 7.95. The molecular weight excluding hydrogens is 451 g/mol. The number of fused-ring (bicyclic) bond motifs is 1. The third-order valence-electron chi connectivity index (χ3n) is 4.87. The summed E-state index contributed by atoms with van der Waals surface area (Å²) in [6, 6.07) is 3.38. The van der Waals surface area contributed by atoms with E-state index < -0.39 is 0 Å². The van der Waals surface area contributed by atoms with Gasteiger partial charge in [0.05, 0.1) is 54.3 Å². The van der Waals surface area contributed by atoms with Crippen LogP contribution >= 0.6 is 34.8 Å². The van der Waals surface area contributed by atoms with Crippen LogP contribution in [-0.2, 0) is 4.74 Å². The summed E-state index contributed by atoms with van der Waals surface area (Å²) >= 11 is 19.4. The number of benzene rings is 1. The van der Waals surface area contributed by atoms with E-state index in [1.807, 2.05) is 6.92 Å². The third kappa shape index (κ3) is 3.83. The predicted octanol–water partition coefficient (Wildman–Crippen LogP) is 4.89. The normalized spacial score (nSPS) is 16.7. The first-order valence-electron chi connectivity index (χ1n) is 9.23. The van der Waals surface area contributed by atoms with Crippen molar-refractivity contribution in [2.24, 2.45) is 0 Å². The van der Waals surface area contributed by atoms with Crippen molar-refractivity contribution in [2.75, 3.05) is 38.8 Å². The number of aromatic nitrogens is 3. The first kappa shape index (κ1) is 21.2. The number of rotatable bonds is 4. The van der Waals surface area contributed by atoms with Gasteiger partial charge in [-0.2, -0.15) is 0 Å². The van der Waals surface area contributed by atoms with Crippen LogP contribution in [0.2, 0.25) is 15.2 Å². The van der Waals surface area contributed by atoms with Gasteiger partial charge in [-0.05, 0) is 13.0 Å². The smallest absolute Gasteiger partial charge is 0.165 e. The van der Waals surface area contributed by atoms with Gasteiger partial charge in [0.2, 0.25) is 0 Å². The van der Waals surface area contributed by atoms with Crippen LogP contribution in [-0.4, -0.2) is 55.0 Å². The van der Waals surface area contributed by atoms with Gasteiger partial charge in [0.15, 0.2) is 5.82 Å². The molecule has 0 saturated carbocycles. The fourth-order valence-corrected chi connectivity index (χ4v) is 4.26. The average molecular weight is 470 g/mol. The maximum atomic E-state index is 6.60. The van der Waals surface area contributed by atoms with Crippen LogP contribution in [0.3, 0.4) is 0 Å². The topological polar surface area (TPSA) is 69.6 Å². The van der Waals surface area contributed by atoms with E-state index in [2.05, 4.69) is 14.9 Å². The molecule has 0 radical (unpaired) electrons. The lowest BCUT2D eigenvalue weighted by atomic mass is 10.1. The van der Waals surface area contributed by atoms with E-state index in [0.29, 0.717) is 69.1 Å². The van der Waals surface area contributed by atoms with Gasteiger partial charge in [0.1, 0.15) is 22.5 Å². The summed E-state index contributed by atoms with van der Waals surface area (Å²) in [5.41, 5.74) is 1.04. The second kappa shape index (κ2) is 8.59. The summed E-state index contributed by atoms with van der Waals surface area (Å²) < 4.78 is 16.5. The van der Waals surface area contributed by atoms with Crippen molar-refractivity contribution < 1.29 is 14.2 Å². The standard InChI is InChI=1S/C20H19Cl3N4O3/c1-10-9-27(4-5-30-10)20-11-6-15(21)24-8-12(11)25-19(26-20)16-17(22)13(28-2)7-14(29-3)18(16)23/h6-8,10H,4-5,9H2,1-3H3. The maximum absolute atomic E-state index is 6.60. The summed E-state index contributed by atoms with van der Waals surface area (Å²) in [7, 11) is 3.04. The first-order valence-corrected chi connectivity index (χ1v) is 10.4. The molecule has 1 aliphatic rings. The quantitative estimate of drug-likeness (QED) is 0.504. The zero-order valence-corrected chi connectivity index (χ0v) is 18.8. The number of pyridine rings is 1. The van der Waals surface area contributed by atoms with Gasteiger partial charge in [-0.25, -0.2) is 15.0 Å². The van der Waals surface area contributed by atoms with Crippen molar-refractivity contribution in [1.29, 1.82) is 0 Å². The molecule has 4 rings (SSSR count). The largest absolute Gasteiger partial charge is 0.495 e. The van der Waals surface area contributed by atoms with Crippen LogP contribution in [0, 0.1) is 0 Å². The first-order chi connectivity index (χ1) is 14.4. The molecule has 7 nitrogen and oxygen atoms in total. The number of hydrogen-bond donors (Lipinski definition) is 0. The Hall–Kier alpha value is -2.06. The molecule has 1 aliphatic heterocycles. The lowest BCUT2D eigenvalue weighted by molar-refractivity contribution is 0.0530. The Kier molecular flexibility index (Phi) is 6.06. The summed E-state index contributed by atoms with van der Waals surface area (Å²) in [6.07, 6.45) is 1.67. The van der Waals surface area contributed by atoms with Crippen LogP contribution in [0.5, 0.6) is 11.5 Å². The van der Waals surface area contributed by atoms with Gasteiger partial charge < -0.3 is 19.1 Å². The molecule has 0 bridgehead atoms. The minimum Gasteiger partial charge on any atom is -0.495 e. The lowest BCUT2D eigenvalue weighted by Crippen LogP contribution is -2.41. The highest BCUT2D eigenvalue weighted by atomic mass is 35.5. The Balaban J connectivity index is 1.98. The van der Waals surface area contributed by atoms with Crippen molar-refractivity contribution in [3.63, 3.8) is 0 Å². The van der Waals surface area contributed by atoms with E-state index in [0.717, 1.165) is 5.39 Å². The predicted molar refractivity (Wildman–Crippen MR) is 119 cm³/mol. The molecular formula is C20H19Cl3N4O3. The molecule has 1 saturated heterocycles. The van der Waals surface area contributed by atoms with Crippen LogP contribution in [0.4, 0.5) is 5.82 Å². The monoisotopic (exact) mass is 468 g/mol. The van der Waals surface area contributed by atoms with Gasteiger partial charge in [-0.3, -0.25) is 0 Å². The highest BCUT2D eigenvalue weighted by molar-refractivity contribution is 6.41. The average Bonchev–Trinajstić information content (AvgIpc) is 2.73. The summed E-state index contributed by atoms with van der Waals surface area (Å²) in [5, 5.41) is 1.74. The Morgan fingerprint density at radius 2 is 1.77 bits per heavy atom. The number of ether oxygens (including phenoxy) is 3. The van der Waals surface area contributed by atoms with Crippen molar-refractivity contribution in [3.05, 3.63) is 33.5 Å². The summed E-state index contributed by atoms with van der Waals surface area (Å²) in [4.78, 5) is 15.8. The zero-order chi connectivity index (χ0) is 21.4. The number of morpholine rings is 1. The minimum absolute atomic E-state index is 0.0635. The Bertz CT molecular complexity index is 1080. The van der Waals surface area contributed by atoms with E-state index in [9.17, 15) is 0 Å². The molecule has 1 aromatic carbocycles. The summed E-state index contributed by atoms with van der Waals surface area (Å²) in [6.45, 7) is 3.97. The Morgan fingerprint density at radius 3 is 2.40 bits per heavy atom. The fourth-order valence-electron chi connectivity index (χ4n) is 3.44. The van der Waals surface area contributed by atoms with E-state index in [-0.39, 0.29) is 6.10 Å². The minimum atomic E-state index is 0.0635. The Morgan fingerprint density at radius 1 is 1.07 bits per heavy atom. The Labute approximate surface area is 188 Å². The fraction of sp³-hybridized carbons (Fsp3) is 0.350. The van der Waals surface area contributed by atoms with Gasteiger partial charge in [-0.15, -0.1) is 0 Å². The van der Waals surface area contributed by atoms with Gasteiger partial charge in [0, 0.05) is 24.5 Å². The van der Waals surface area contributed by atoms with Crippen molar-refractivity contribution >= 4 is 51.5 Å². The molecule has 3 aromatic rings. The number of anilines is 1. The molecule has 10 heteroatoms. The second-order valence-electron chi connectivity index (χ2n) is 6.81. The van der Waals surface area contributed by atoms with Crippen molar-refractivity contribution in [3.8, 4) is 22.9 Å². The van der Waals surface area contributed by atoms with Crippen LogP contribution in [0.1, 0.15) is 6.92 Å². The maximum Gasteiger partial charge on any atom is 0.165 e. The highest BCUT2D eigenvalue weighted by Gasteiger charge is 2.25. The highest BCUT2D eigenvalue weighted by Crippen LogP contribution is 2.45. The molecule has 3 heterocycles. The van der Waals surface area contributed by atoms with Gasteiger partial charge in [0.25, 0.3) is 0 Å². The number of nitrogens with zero attached hydrogens (tertiary/aromatic N) is 4. The molecule has 1 unspecified atom stereocenters. The molecule has 0 spiro atoms. The molecule has 30 heavy (non-hydrogen) atoms. The van der Waals surface area contributed by atoms with Crippen LogP contribution in [0.15, 0.2) is 18.3 Å². The lowest BCUT2D eigenvalue weighted by Gasteiger charge is -2.32. The SMILES string of the molecule is COc1cc(OC)c(Cl)c(-c2nc(N3CCOC(C)C3)c3cc(Cl)ncc3n2)c1Cl. The molecule has 1 atom stereocenters.